The molecular formula is C48H42BCuN8OP2+2. The van der Waals surface area contributed by atoms with Gasteiger partial charge in [0.2, 0.25) is 0 Å². The first-order valence-electron chi connectivity index (χ1n) is 19.8. The van der Waals surface area contributed by atoms with Crippen molar-refractivity contribution in [3.8, 4) is 11.5 Å². The van der Waals surface area contributed by atoms with Crippen LogP contribution in [0.5, 0.6) is 11.5 Å². The third-order valence-electron chi connectivity index (χ3n) is 10.3. The monoisotopic (exact) mass is 882 g/mol. The summed E-state index contributed by atoms with van der Waals surface area (Å²) < 4.78 is 14.2. The molecule has 4 heterocycles. The van der Waals surface area contributed by atoms with E-state index >= 15 is 0 Å². The van der Waals surface area contributed by atoms with Gasteiger partial charge in [0.1, 0.15) is 47.7 Å². The van der Waals surface area contributed by atoms with Gasteiger partial charge in [0.15, 0.2) is 11.5 Å². The summed E-state index contributed by atoms with van der Waals surface area (Å²) >= 11 is 0. The fourth-order valence-corrected chi connectivity index (χ4v) is 13.0. The van der Waals surface area contributed by atoms with Gasteiger partial charge >= 0.3 is 23.8 Å². The minimum atomic E-state index is -1.83. The predicted molar refractivity (Wildman–Crippen MR) is 249 cm³/mol. The second-order valence-electron chi connectivity index (χ2n) is 13.9. The molecule has 0 aliphatic carbocycles. The average molecular weight is 883 g/mol. The number of nitrogens with zero attached hydrogens (tertiary/aromatic N) is 8. The number of ether oxygens (including phenoxy) is 1. The number of aromatic nitrogens is 8. The van der Waals surface area contributed by atoms with Crippen molar-refractivity contribution in [2.75, 3.05) is 0 Å². The molecule has 302 valence electrons. The molecule has 0 saturated heterocycles. The standard InChI is InChI=1S/C36H28OP2.C12H12BN8.Cu/c1-5-17-29(18-6-1)38(30-19-7-2-8-20-30)35-27-15-13-25-33(35)37-34-26-14-16-28-36(34)39(31-21-9-3-10-22-31)32-23-11-4-12-24-32;1-5-14-18(9-1)13(19-10-2-6-15-19,20-11-3-7-16-20)21-12-4-8-17-21;/h1-28H;1-12H;/q;-1;+1/p+2. The fraction of sp³-hybridized carbons (Fsp3) is 0. The summed E-state index contributed by atoms with van der Waals surface area (Å²) in [6, 6.07) is 68.0. The van der Waals surface area contributed by atoms with Gasteiger partial charge in [0.25, 0.3) is 0 Å². The first-order valence-corrected chi connectivity index (χ1v) is 22.8. The SMILES string of the molecule is [Cu+].c1ccc([PH+](c2ccccc2)c2ccccc2Oc2ccccc2[PH+](c2ccccc2)c2ccccc2)cc1.c1cnn([B-](n2cccn2)(n2cccn2)n2cccn2)c1. The van der Waals surface area contributed by atoms with Gasteiger partial charge in [-0.1, -0.05) is 97.1 Å². The largest absolute Gasteiger partial charge is 1.00 e. The minimum absolute atomic E-state index is 0. The number of rotatable bonds is 12. The van der Waals surface area contributed by atoms with Crippen molar-refractivity contribution in [3.63, 3.8) is 0 Å². The van der Waals surface area contributed by atoms with Crippen LogP contribution in [0.15, 0.2) is 244 Å². The van der Waals surface area contributed by atoms with E-state index in [1.165, 1.54) is 31.8 Å². The Bertz CT molecular complexity index is 2450. The van der Waals surface area contributed by atoms with Crippen LogP contribution >= 0.6 is 15.8 Å². The van der Waals surface area contributed by atoms with E-state index in [1.807, 2.05) is 67.4 Å². The van der Waals surface area contributed by atoms with Crippen LogP contribution in [0.25, 0.3) is 0 Å². The molecule has 9 nitrogen and oxygen atoms in total. The van der Waals surface area contributed by atoms with Crippen LogP contribution in [0.1, 0.15) is 0 Å². The number of benzene rings is 6. The molecule has 0 atom stereocenters. The molecule has 0 aliphatic rings. The van der Waals surface area contributed by atoms with Crippen LogP contribution in [0.4, 0.5) is 0 Å². The van der Waals surface area contributed by atoms with E-state index < -0.39 is 22.5 Å². The molecule has 0 aliphatic heterocycles. The van der Waals surface area contributed by atoms with Gasteiger partial charge in [0.05, 0.1) is 0 Å². The van der Waals surface area contributed by atoms with Crippen molar-refractivity contribution >= 4 is 54.4 Å². The maximum absolute atomic E-state index is 6.94. The third kappa shape index (κ3) is 8.69. The van der Waals surface area contributed by atoms with Crippen molar-refractivity contribution < 1.29 is 21.8 Å². The van der Waals surface area contributed by atoms with Crippen LogP contribution < -0.4 is 36.6 Å². The number of hydrogen-bond acceptors (Lipinski definition) is 5. The molecule has 0 amide bonds. The van der Waals surface area contributed by atoms with Gasteiger partial charge in [-0.2, -0.15) is 0 Å². The Morgan fingerprint density at radius 2 is 0.590 bits per heavy atom. The molecular weight excluding hydrogens is 841 g/mol. The average Bonchev–Trinajstić information content (AvgIpc) is 4.18. The van der Waals surface area contributed by atoms with E-state index in [0.717, 1.165) is 11.5 Å². The van der Waals surface area contributed by atoms with E-state index in [2.05, 4.69) is 190 Å². The summed E-state index contributed by atoms with van der Waals surface area (Å²) in [5.74, 6) is 1.85. The summed E-state index contributed by atoms with van der Waals surface area (Å²) in [6.45, 7) is -1.83. The Hall–Kier alpha value is -6.60. The summed E-state index contributed by atoms with van der Waals surface area (Å²) in [5, 5.41) is 25.6. The van der Waals surface area contributed by atoms with Gasteiger partial charge < -0.3 is 23.1 Å². The molecule has 0 N–H and O–H groups in total. The molecule has 0 unspecified atom stereocenters. The zero-order valence-corrected chi connectivity index (χ0v) is 35.9. The first kappa shape index (κ1) is 41.2. The number of para-hydroxylation sites is 2. The maximum atomic E-state index is 6.94. The maximum Gasteiger partial charge on any atom is 1.00 e. The smallest absolute Gasteiger partial charge is 0.449 e. The second kappa shape index (κ2) is 19.6. The van der Waals surface area contributed by atoms with Crippen LogP contribution in [0.2, 0.25) is 0 Å². The molecule has 61 heavy (non-hydrogen) atoms. The summed E-state index contributed by atoms with van der Waals surface area (Å²) in [7, 11) is -2.56. The zero-order chi connectivity index (χ0) is 40.4. The summed E-state index contributed by atoms with van der Waals surface area (Å²) in [4.78, 5) is 0. The van der Waals surface area contributed by atoms with Gasteiger partial charge in [-0.15, -0.1) is 0 Å². The molecule has 13 heteroatoms. The third-order valence-corrected chi connectivity index (χ3v) is 15.8. The van der Waals surface area contributed by atoms with Crippen LogP contribution in [-0.4, -0.2) is 45.5 Å². The van der Waals surface area contributed by atoms with E-state index in [9.17, 15) is 0 Å². The van der Waals surface area contributed by atoms with Gasteiger partial charge in [-0.25, -0.2) is 20.4 Å². The van der Waals surface area contributed by atoms with Gasteiger partial charge in [-0.3, -0.25) is 0 Å². The second-order valence-corrected chi connectivity index (χ2v) is 18.8. The number of hydrogen-bond donors (Lipinski definition) is 0. The molecule has 0 fully saturated rings. The summed E-state index contributed by atoms with van der Waals surface area (Å²) in [6.07, 6.45) is 14.4. The topological polar surface area (TPSA) is 80.5 Å². The first-order chi connectivity index (χ1) is 29.8. The Morgan fingerprint density at radius 3 is 0.852 bits per heavy atom. The van der Waals surface area contributed by atoms with Crippen molar-refractivity contribution in [1.82, 2.24) is 38.8 Å². The van der Waals surface area contributed by atoms with Crippen molar-refractivity contribution in [1.29, 1.82) is 0 Å². The Labute approximate surface area is 368 Å². The van der Waals surface area contributed by atoms with Crippen LogP contribution in [0, 0.1) is 0 Å². The fourth-order valence-electron chi connectivity index (χ4n) is 7.69. The molecule has 4 aromatic heterocycles. The van der Waals surface area contributed by atoms with Gasteiger partial charge in [0, 0.05) is 24.8 Å². The molecule has 6 aromatic carbocycles. The quantitative estimate of drug-likeness (QED) is 0.0991. The van der Waals surface area contributed by atoms with E-state index in [0.29, 0.717) is 0 Å². The Kier molecular flexibility index (Phi) is 13.3. The Balaban J connectivity index is 0.000000196. The molecule has 0 saturated carbocycles. The van der Waals surface area contributed by atoms with Crippen molar-refractivity contribution in [2.24, 2.45) is 0 Å². The van der Waals surface area contributed by atoms with Crippen molar-refractivity contribution in [3.05, 3.63) is 244 Å². The van der Waals surface area contributed by atoms with E-state index in [-0.39, 0.29) is 17.1 Å². The molecule has 0 bridgehead atoms. The predicted octanol–water partition coefficient (Wildman–Crippen LogP) is 6.86. The summed E-state index contributed by atoms with van der Waals surface area (Å²) in [5.41, 5.74) is 0. The van der Waals surface area contributed by atoms with Crippen LogP contribution in [-0.2, 0) is 17.1 Å². The van der Waals surface area contributed by atoms with Crippen LogP contribution in [0.3, 0.4) is 0 Å². The minimum Gasteiger partial charge on any atom is -0.449 e. The Morgan fingerprint density at radius 1 is 0.328 bits per heavy atom. The van der Waals surface area contributed by atoms with E-state index in [4.69, 9.17) is 4.74 Å². The normalized spacial score (nSPS) is 11.1. The van der Waals surface area contributed by atoms with E-state index in [1.54, 1.807) is 24.8 Å². The molecule has 10 aromatic rings. The molecule has 0 spiro atoms. The van der Waals surface area contributed by atoms with Gasteiger partial charge in [-0.05, 0) is 122 Å². The molecule has 0 radical (unpaired) electrons. The zero-order valence-electron chi connectivity index (χ0n) is 33.0. The molecule has 10 rings (SSSR count). The van der Waals surface area contributed by atoms with Crippen molar-refractivity contribution in [2.45, 2.75) is 0 Å².